The number of pyridine rings is 1. The summed E-state index contributed by atoms with van der Waals surface area (Å²) in [5, 5.41) is 2.76. The van der Waals surface area contributed by atoms with Crippen molar-refractivity contribution in [1.82, 2.24) is 10.3 Å². The lowest BCUT2D eigenvalue weighted by molar-refractivity contribution is 0.0947. The second-order valence-corrected chi connectivity index (χ2v) is 4.83. The SMILES string of the molecule is Cc1cccc(OCCNC(=O)c2cnc(C)cc2N)c1. The highest BCUT2D eigenvalue weighted by Crippen LogP contribution is 2.12. The number of carbonyl (C=O) groups is 1. The number of nitrogen functional groups attached to an aromatic ring is 1. The number of rotatable bonds is 5. The third-order valence-electron chi connectivity index (χ3n) is 2.96. The molecular weight excluding hydrogens is 266 g/mol. The minimum atomic E-state index is -0.243. The summed E-state index contributed by atoms with van der Waals surface area (Å²) in [4.78, 5) is 16.0. The fourth-order valence-electron chi connectivity index (χ4n) is 1.90. The van der Waals surface area contributed by atoms with Crippen molar-refractivity contribution in [2.24, 2.45) is 0 Å². The fraction of sp³-hybridized carbons (Fsp3) is 0.250. The molecule has 0 aliphatic carbocycles. The van der Waals surface area contributed by atoms with Crippen LogP contribution in [-0.2, 0) is 0 Å². The molecule has 3 N–H and O–H groups in total. The molecule has 1 aromatic heterocycles. The third-order valence-corrected chi connectivity index (χ3v) is 2.96. The second-order valence-electron chi connectivity index (χ2n) is 4.83. The molecule has 0 aliphatic heterocycles. The van der Waals surface area contributed by atoms with Crippen LogP contribution >= 0.6 is 0 Å². The predicted octanol–water partition coefficient (Wildman–Crippen LogP) is 2.09. The summed E-state index contributed by atoms with van der Waals surface area (Å²) in [5.74, 6) is 0.550. The summed E-state index contributed by atoms with van der Waals surface area (Å²) in [5.41, 5.74) is 8.54. The standard InChI is InChI=1S/C16H19N3O2/c1-11-4-3-5-13(8-11)21-7-6-18-16(20)14-10-19-12(2)9-15(14)17/h3-5,8-10H,6-7H2,1-2H3,(H2,17,19)(H,18,20). The lowest BCUT2D eigenvalue weighted by atomic mass is 10.2. The minimum Gasteiger partial charge on any atom is -0.492 e. The zero-order valence-corrected chi connectivity index (χ0v) is 12.2. The van der Waals surface area contributed by atoms with Crippen molar-refractivity contribution in [2.75, 3.05) is 18.9 Å². The van der Waals surface area contributed by atoms with Crippen molar-refractivity contribution in [3.8, 4) is 5.75 Å². The molecule has 0 spiro atoms. The maximum absolute atomic E-state index is 12.0. The maximum atomic E-state index is 12.0. The van der Waals surface area contributed by atoms with Crippen molar-refractivity contribution in [3.63, 3.8) is 0 Å². The molecule has 2 aromatic rings. The van der Waals surface area contributed by atoms with Gasteiger partial charge in [-0.2, -0.15) is 0 Å². The van der Waals surface area contributed by atoms with E-state index in [2.05, 4.69) is 10.3 Å². The number of aryl methyl sites for hydroxylation is 2. The zero-order chi connectivity index (χ0) is 15.2. The largest absolute Gasteiger partial charge is 0.492 e. The lowest BCUT2D eigenvalue weighted by Gasteiger charge is -2.09. The number of nitrogens with one attached hydrogen (secondary N) is 1. The van der Waals surface area contributed by atoms with Gasteiger partial charge in [-0.05, 0) is 37.6 Å². The van der Waals surface area contributed by atoms with E-state index in [4.69, 9.17) is 10.5 Å². The normalized spacial score (nSPS) is 10.2. The van der Waals surface area contributed by atoms with Gasteiger partial charge in [0.05, 0.1) is 12.1 Å². The Morgan fingerprint density at radius 3 is 2.86 bits per heavy atom. The van der Waals surface area contributed by atoms with Crippen LogP contribution in [0.4, 0.5) is 5.69 Å². The van der Waals surface area contributed by atoms with Gasteiger partial charge in [-0.3, -0.25) is 9.78 Å². The molecule has 0 radical (unpaired) electrons. The van der Waals surface area contributed by atoms with E-state index in [0.717, 1.165) is 17.0 Å². The number of nitrogens with zero attached hydrogens (tertiary/aromatic N) is 1. The molecule has 0 saturated carbocycles. The van der Waals surface area contributed by atoms with Crippen LogP contribution in [0.2, 0.25) is 0 Å². The number of amides is 1. The van der Waals surface area contributed by atoms with Crippen molar-refractivity contribution in [3.05, 3.63) is 53.3 Å². The van der Waals surface area contributed by atoms with Crippen molar-refractivity contribution < 1.29 is 9.53 Å². The van der Waals surface area contributed by atoms with Crippen molar-refractivity contribution in [1.29, 1.82) is 0 Å². The predicted molar refractivity (Wildman–Crippen MR) is 82.4 cm³/mol. The second kappa shape index (κ2) is 6.74. The molecule has 0 aliphatic rings. The molecule has 0 saturated heterocycles. The molecule has 110 valence electrons. The number of nitrogens with two attached hydrogens (primary N) is 1. The van der Waals surface area contributed by atoms with Gasteiger partial charge in [-0.25, -0.2) is 0 Å². The third kappa shape index (κ3) is 4.21. The first-order valence-corrected chi connectivity index (χ1v) is 6.76. The van der Waals surface area contributed by atoms with Gasteiger partial charge in [0.1, 0.15) is 12.4 Å². The molecule has 1 amide bonds. The summed E-state index contributed by atoms with van der Waals surface area (Å²) < 4.78 is 5.56. The molecule has 1 heterocycles. The molecule has 0 atom stereocenters. The Labute approximate surface area is 124 Å². The highest BCUT2D eigenvalue weighted by molar-refractivity contribution is 5.98. The average Bonchev–Trinajstić information content (AvgIpc) is 2.43. The van der Waals surface area contributed by atoms with Gasteiger partial charge in [-0.15, -0.1) is 0 Å². The topological polar surface area (TPSA) is 77.2 Å². The van der Waals surface area contributed by atoms with Crippen LogP contribution in [-0.4, -0.2) is 24.0 Å². The zero-order valence-electron chi connectivity index (χ0n) is 12.2. The van der Waals surface area contributed by atoms with Crippen LogP contribution < -0.4 is 15.8 Å². The van der Waals surface area contributed by atoms with Crippen LogP contribution in [0.25, 0.3) is 0 Å². The first kappa shape index (κ1) is 14.8. The molecule has 1 aromatic carbocycles. The quantitative estimate of drug-likeness (QED) is 0.825. The number of hydrogen-bond donors (Lipinski definition) is 2. The van der Waals surface area contributed by atoms with Crippen LogP contribution in [0.5, 0.6) is 5.75 Å². The van der Waals surface area contributed by atoms with Gasteiger partial charge >= 0.3 is 0 Å². The Morgan fingerprint density at radius 1 is 1.33 bits per heavy atom. The number of benzene rings is 1. The molecule has 5 heteroatoms. The molecule has 0 unspecified atom stereocenters. The Kier molecular flexibility index (Phi) is 4.77. The Morgan fingerprint density at radius 2 is 2.14 bits per heavy atom. The van der Waals surface area contributed by atoms with Gasteiger partial charge in [0.2, 0.25) is 0 Å². The number of ether oxygens (including phenoxy) is 1. The monoisotopic (exact) mass is 285 g/mol. The van der Waals surface area contributed by atoms with E-state index in [1.54, 1.807) is 6.07 Å². The molecular formula is C16H19N3O2. The van der Waals surface area contributed by atoms with Gasteiger partial charge in [0, 0.05) is 17.6 Å². The summed E-state index contributed by atoms with van der Waals surface area (Å²) in [6.45, 7) is 4.63. The fourth-order valence-corrected chi connectivity index (χ4v) is 1.90. The highest BCUT2D eigenvalue weighted by Gasteiger charge is 2.09. The number of hydrogen-bond acceptors (Lipinski definition) is 4. The highest BCUT2D eigenvalue weighted by atomic mass is 16.5. The van der Waals surface area contributed by atoms with Gasteiger partial charge in [0.25, 0.3) is 5.91 Å². The first-order chi connectivity index (χ1) is 10.1. The summed E-state index contributed by atoms with van der Waals surface area (Å²) in [6.07, 6.45) is 1.49. The van der Waals surface area contributed by atoms with E-state index in [0.29, 0.717) is 24.4 Å². The van der Waals surface area contributed by atoms with Crippen LogP contribution in [0.15, 0.2) is 36.5 Å². The number of carbonyl (C=O) groups excluding carboxylic acids is 1. The van der Waals surface area contributed by atoms with Gasteiger partial charge in [0.15, 0.2) is 0 Å². The van der Waals surface area contributed by atoms with E-state index in [9.17, 15) is 4.79 Å². The summed E-state index contributed by atoms with van der Waals surface area (Å²) >= 11 is 0. The van der Waals surface area contributed by atoms with E-state index in [1.165, 1.54) is 6.20 Å². The molecule has 21 heavy (non-hydrogen) atoms. The minimum absolute atomic E-state index is 0.243. The van der Waals surface area contributed by atoms with Crippen LogP contribution in [0.1, 0.15) is 21.6 Å². The molecule has 0 fully saturated rings. The molecule has 0 bridgehead atoms. The van der Waals surface area contributed by atoms with Crippen LogP contribution in [0, 0.1) is 13.8 Å². The Balaban J connectivity index is 1.82. The van der Waals surface area contributed by atoms with Gasteiger partial charge < -0.3 is 15.8 Å². The first-order valence-electron chi connectivity index (χ1n) is 6.76. The van der Waals surface area contributed by atoms with Crippen molar-refractivity contribution >= 4 is 11.6 Å². The van der Waals surface area contributed by atoms with E-state index < -0.39 is 0 Å². The summed E-state index contributed by atoms with van der Waals surface area (Å²) in [7, 11) is 0. The van der Waals surface area contributed by atoms with E-state index >= 15 is 0 Å². The number of anilines is 1. The Hall–Kier alpha value is -2.56. The average molecular weight is 285 g/mol. The van der Waals surface area contributed by atoms with E-state index in [1.807, 2.05) is 38.1 Å². The van der Waals surface area contributed by atoms with Crippen LogP contribution in [0.3, 0.4) is 0 Å². The molecule has 5 nitrogen and oxygen atoms in total. The molecule has 2 rings (SSSR count). The lowest BCUT2D eigenvalue weighted by Crippen LogP contribution is -2.28. The van der Waals surface area contributed by atoms with E-state index in [-0.39, 0.29) is 5.91 Å². The smallest absolute Gasteiger partial charge is 0.255 e. The number of aromatic nitrogens is 1. The summed E-state index contributed by atoms with van der Waals surface area (Å²) in [6, 6.07) is 9.45. The van der Waals surface area contributed by atoms with Crippen molar-refractivity contribution in [2.45, 2.75) is 13.8 Å². The maximum Gasteiger partial charge on any atom is 0.255 e. The van der Waals surface area contributed by atoms with Gasteiger partial charge in [-0.1, -0.05) is 12.1 Å². The Bertz CT molecular complexity index is 641.